The molecule has 23 heavy (non-hydrogen) atoms. The Hall–Kier alpha value is -2.40. The highest BCUT2D eigenvalue weighted by molar-refractivity contribution is 6.32. The molecule has 5 nitrogen and oxygen atoms in total. The normalized spacial score (nSPS) is 10.6. The number of methoxy groups -OCH3 is 3. The SMILES string of the molecule is COc1ccccc1CN/N=C\c1cc(Cl)c(OC)c(OC)c1. The largest absolute Gasteiger partial charge is 0.496 e. The van der Waals surface area contributed by atoms with Crippen LogP contribution >= 0.6 is 11.6 Å². The summed E-state index contributed by atoms with van der Waals surface area (Å²) in [6.45, 7) is 0.557. The molecule has 0 aliphatic rings. The number of hydrogen-bond donors (Lipinski definition) is 1. The molecule has 122 valence electrons. The quantitative estimate of drug-likeness (QED) is 0.622. The van der Waals surface area contributed by atoms with Crippen LogP contribution in [0.3, 0.4) is 0 Å². The van der Waals surface area contributed by atoms with Crippen LogP contribution in [-0.2, 0) is 6.54 Å². The van der Waals surface area contributed by atoms with E-state index in [0.717, 1.165) is 16.9 Å². The zero-order chi connectivity index (χ0) is 16.7. The molecule has 2 aromatic carbocycles. The zero-order valence-corrected chi connectivity index (χ0v) is 14.1. The number of benzene rings is 2. The van der Waals surface area contributed by atoms with Gasteiger partial charge in [0.1, 0.15) is 5.75 Å². The number of para-hydroxylation sites is 1. The maximum atomic E-state index is 6.16. The third-order valence-corrected chi connectivity index (χ3v) is 3.50. The third kappa shape index (κ3) is 4.29. The summed E-state index contributed by atoms with van der Waals surface area (Å²) in [6, 6.07) is 11.3. The van der Waals surface area contributed by atoms with E-state index in [1.165, 1.54) is 0 Å². The van der Waals surface area contributed by atoms with Gasteiger partial charge in [-0.15, -0.1) is 0 Å². The lowest BCUT2D eigenvalue weighted by Gasteiger charge is -2.10. The molecule has 6 heteroatoms. The molecular formula is C17H19ClN2O3. The molecule has 0 spiro atoms. The van der Waals surface area contributed by atoms with E-state index >= 15 is 0 Å². The Bertz CT molecular complexity index is 690. The van der Waals surface area contributed by atoms with E-state index in [1.807, 2.05) is 24.3 Å². The van der Waals surface area contributed by atoms with Gasteiger partial charge in [-0.2, -0.15) is 5.10 Å². The smallest absolute Gasteiger partial charge is 0.179 e. The molecule has 0 radical (unpaired) electrons. The van der Waals surface area contributed by atoms with Crippen LogP contribution in [0.1, 0.15) is 11.1 Å². The van der Waals surface area contributed by atoms with Crippen molar-refractivity contribution in [3.8, 4) is 17.2 Å². The highest BCUT2D eigenvalue weighted by Crippen LogP contribution is 2.35. The number of hydrazone groups is 1. The fraction of sp³-hybridized carbons (Fsp3) is 0.235. The molecule has 0 atom stereocenters. The van der Waals surface area contributed by atoms with Gasteiger partial charge in [-0.25, -0.2) is 0 Å². The number of rotatable bonds is 7. The standard InChI is InChI=1S/C17H19ClN2O3/c1-21-15-7-5-4-6-13(15)11-20-19-10-12-8-14(18)17(23-3)16(9-12)22-2/h4-10,20H,11H2,1-3H3/b19-10-. The minimum atomic E-state index is 0.470. The van der Waals surface area contributed by atoms with Gasteiger partial charge in [0.05, 0.1) is 39.1 Å². The summed E-state index contributed by atoms with van der Waals surface area (Å²) in [7, 11) is 4.76. The second-order valence-electron chi connectivity index (χ2n) is 4.64. The van der Waals surface area contributed by atoms with Crippen LogP contribution in [0.15, 0.2) is 41.5 Å². The Morgan fingerprint density at radius 3 is 2.48 bits per heavy atom. The van der Waals surface area contributed by atoms with E-state index < -0.39 is 0 Å². The molecule has 0 aromatic heterocycles. The van der Waals surface area contributed by atoms with Gasteiger partial charge in [-0.3, -0.25) is 0 Å². The highest BCUT2D eigenvalue weighted by atomic mass is 35.5. The van der Waals surface area contributed by atoms with Crippen molar-refractivity contribution in [2.75, 3.05) is 21.3 Å². The molecule has 0 aliphatic carbocycles. The van der Waals surface area contributed by atoms with Gasteiger partial charge in [-0.05, 0) is 23.8 Å². The maximum absolute atomic E-state index is 6.16. The van der Waals surface area contributed by atoms with Crippen molar-refractivity contribution in [1.82, 2.24) is 5.43 Å². The zero-order valence-electron chi connectivity index (χ0n) is 13.3. The molecule has 0 amide bonds. The fourth-order valence-corrected chi connectivity index (χ4v) is 2.41. The lowest BCUT2D eigenvalue weighted by Crippen LogP contribution is -2.07. The Morgan fingerprint density at radius 1 is 1.04 bits per heavy atom. The van der Waals surface area contributed by atoms with Crippen LogP contribution in [0.2, 0.25) is 5.02 Å². The number of hydrogen-bond acceptors (Lipinski definition) is 5. The van der Waals surface area contributed by atoms with Gasteiger partial charge < -0.3 is 19.6 Å². The maximum Gasteiger partial charge on any atom is 0.179 e. The topological polar surface area (TPSA) is 52.1 Å². The summed E-state index contributed by atoms with van der Waals surface area (Å²) in [4.78, 5) is 0. The molecule has 2 aromatic rings. The summed E-state index contributed by atoms with van der Waals surface area (Å²) in [5, 5.41) is 4.67. The van der Waals surface area contributed by atoms with Gasteiger partial charge in [-0.1, -0.05) is 29.8 Å². The predicted molar refractivity (Wildman–Crippen MR) is 92.0 cm³/mol. The Morgan fingerprint density at radius 2 is 1.78 bits per heavy atom. The predicted octanol–water partition coefficient (Wildman–Crippen LogP) is 3.49. The molecule has 0 heterocycles. The molecule has 0 aliphatic heterocycles. The number of nitrogens with zero attached hydrogens (tertiary/aromatic N) is 1. The fourth-order valence-electron chi connectivity index (χ4n) is 2.11. The van der Waals surface area contributed by atoms with Gasteiger partial charge in [0.2, 0.25) is 0 Å². The van der Waals surface area contributed by atoms with Crippen LogP contribution < -0.4 is 19.6 Å². The van der Waals surface area contributed by atoms with Crippen LogP contribution in [0.5, 0.6) is 17.2 Å². The van der Waals surface area contributed by atoms with Crippen molar-refractivity contribution in [2.45, 2.75) is 6.54 Å². The Balaban J connectivity index is 2.05. The van der Waals surface area contributed by atoms with Crippen molar-refractivity contribution in [3.05, 3.63) is 52.5 Å². The van der Waals surface area contributed by atoms with E-state index in [2.05, 4.69) is 10.5 Å². The summed E-state index contributed by atoms with van der Waals surface area (Å²) in [5.74, 6) is 1.89. The van der Waals surface area contributed by atoms with Gasteiger partial charge in [0.25, 0.3) is 0 Å². The van der Waals surface area contributed by atoms with Crippen molar-refractivity contribution >= 4 is 17.8 Å². The van der Waals surface area contributed by atoms with Crippen molar-refractivity contribution in [2.24, 2.45) is 5.10 Å². The van der Waals surface area contributed by atoms with E-state index in [4.69, 9.17) is 25.8 Å². The van der Waals surface area contributed by atoms with Gasteiger partial charge in [0.15, 0.2) is 11.5 Å². The second-order valence-corrected chi connectivity index (χ2v) is 5.05. The van der Waals surface area contributed by atoms with Crippen LogP contribution in [0, 0.1) is 0 Å². The van der Waals surface area contributed by atoms with Crippen LogP contribution in [0.25, 0.3) is 0 Å². The first-order valence-corrected chi connectivity index (χ1v) is 7.36. The van der Waals surface area contributed by atoms with Crippen molar-refractivity contribution in [3.63, 3.8) is 0 Å². The first-order valence-electron chi connectivity index (χ1n) is 6.99. The minimum absolute atomic E-state index is 0.470. The molecule has 1 N–H and O–H groups in total. The lowest BCUT2D eigenvalue weighted by atomic mass is 10.2. The Labute approximate surface area is 140 Å². The average Bonchev–Trinajstić information content (AvgIpc) is 2.58. The Kier molecular flexibility index (Phi) is 6.11. The molecular weight excluding hydrogens is 316 g/mol. The monoisotopic (exact) mass is 334 g/mol. The molecule has 0 saturated carbocycles. The molecule has 0 bridgehead atoms. The van der Waals surface area contributed by atoms with Gasteiger partial charge >= 0.3 is 0 Å². The average molecular weight is 335 g/mol. The number of nitrogens with one attached hydrogen (secondary N) is 1. The third-order valence-electron chi connectivity index (χ3n) is 3.22. The number of ether oxygens (including phenoxy) is 3. The summed E-state index contributed by atoms with van der Waals surface area (Å²) in [5.41, 5.74) is 4.82. The van der Waals surface area contributed by atoms with E-state index in [0.29, 0.717) is 23.1 Å². The van der Waals surface area contributed by atoms with Crippen molar-refractivity contribution < 1.29 is 14.2 Å². The number of halogens is 1. The molecule has 0 unspecified atom stereocenters. The molecule has 0 fully saturated rings. The van der Waals surface area contributed by atoms with Crippen LogP contribution in [-0.4, -0.2) is 27.5 Å². The van der Waals surface area contributed by atoms with E-state index in [1.54, 1.807) is 39.7 Å². The molecule has 0 saturated heterocycles. The first-order chi connectivity index (χ1) is 11.2. The van der Waals surface area contributed by atoms with E-state index in [9.17, 15) is 0 Å². The molecule has 2 rings (SSSR count). The van der Waals surface area contributed by atoms with Gasteiger partial charge in [0, 0.05) is 5.56 Å². The summed E-state index contributed by atoms with van der Waals surface area (Å²) in [6.07, 6.45) is 1.67. The lowest BCUT2D eigenvalue weighted by molar-refractivity contribution is 0.355. The summed E-state index contributed by atoms with van der Waals surface area (Å²) < 4.78 is 15.7. The first kappa shape index (κ1) is 17.0. The minimum Gasteiger partial charge on any atom is -0.496 e. The highest BCUT2D eigenvalue weighted by Gasteiger charge is 2.09. The van der Waals surface area contributed by atoms with Crippen molar-refractivity contribution in [1.29, 1.82) is 0 Å². The second kappa shape index (κ2) is 8.29. The summed E-state index contributed by atoms with van der Waals surface area (Å²) >= 11 is 6.16. The van der Waals surface area contributed by atoms with Crippen LogP contribution in [0.4, 0.5) is 0 Å². The van der Waals surface area contributed by atoms with E-state index in [-0.39, 0.29) is 0 Å².